The number of aromatic amines is 1. The summed E-state index contributed by atoms with van der Waals surface area (Å²) in [6.07, 6.45) is 0. The molecule has 4 heteroatoms. The van der Waals surface area contributed by atoms with Gasteiger partial charge in [0.05, 0.1) is 16.1 Å². The summed E-state index contributed by atoms with van der Waals surface area (Å²) >= 11 is 5.92. The number of nitrogens with one attached hydrogen (secondary N) is 1. The Bertz CT molecular complexity index is 516. The van der Waals surface area contributed by atoms with Gasteiger partial charge in [0, 0.05) is 11.1 Å². The fourth-order valence-corrected chi connectivity index (χ4v) is 1.81. The number of hydrogen-bond donors (Lipinski definition) is 2. The van der Waals surface area contributed by atoms with Gasteiger partial charge in [-0.2, -0.15) is 0 Å². The van der Waals surface area contributed by atoms with Crippen LogP contribution in [0.25, 0.3) is 10.9 Å². The Kier molecular flexibility index (Phi) is 1.97. The molecule has 1 heterocycles. The van der Waals surface area contributed by atoms with Crippen molar-refractivity contribution in [3.05, 3.63) is 34.5 Å². The largest absolute Gasteiger partial charge is 0.478 e. The van der Waals surface area contributed by atoms with E-state index in [0.717, 1.165) is 0 Å². The summed E-state index contributed by atoms with van der Waals surface area (Å²) < 4.78 is 0. The molecule has 14 heavy (non-hydrogen) atoms. The van der Waals surface area contributed by atoms with E-state index in [1.807, 2.05) is 0 Å². The summed E-state index contributed by atoms with van der Waals surface area (Å²) in [7, 11) is 0. The van der Waals surface area contributed by atoms with Gasteiger partial charge in [-0.25, -0.2) is 4.79 Å². The lowest BCUT2D eigenvalue weighted by molar-refractivity contribution is 0.0698. The van der Waals surface area contributed by atoms with E-state index in [-0.39, 0.29) is 0 Å². The van der Waals surface area contributed by atoms with Crippen LogP contribution in [0.5, 0.6) is 0 Å². The number of fused-ring (bicyclic) bond motifs is 1. The first-order chi connectivity index (χ1) is 6.61. The molecule has 0 aliphatic rings. The molecule has 0 saturated heterocycles. The van der Waals surface area contributed by atoms with E-state index in [4.69, 9.17) is 16.7 Å². The van der Waals surface area contributed by atoms with Gasteiger partial charge in [-0.15, -0.1) is 0 Å². The number of carbonyl (C=O) groups is 1. The number of carboxylic acid groups (broad SMARTS) is 1. The molecule has 1 aromatic heterocycles. The quantitative estimate of drug-likeness (QED) is 0.759. The van der Waals surface area contributed by atoms with Gasteiger partial charge >= 0.3 is 5.97 Å². The van der Waals surface area contributed by atoms with Gasteiger partial charge in [0.25, 0.3) is 0 Å². The molecule has 3 nitrogen and oxygen atoms in total. The molecule has 0 aliphatic carbocycles. The first-order valence-corrected chi connectivity index (χ1v) is 4.49. The van der Waals surface area contributed by atoms with Crippen LogP contribution in [-0.2, 0) is 0 Å². The molecular weight excluding hydrogens is 202 g/mol. The number of halogens is 1. The maximum absolute atomic E-state index is 10.9. The number of H-pyrrole nitrogens is 1. The topological polar surface area (TPSA) is 53.1 Å². The molecule has 0 bridgehead atoms. The Morgan fingerprint density at radius 1 is 1.50 bits per heavy atom. The molecule has 0 amide bonds. The SMILES string of the molecule is Cc1[nH]c2c(Cl)cccc2c1C(=O)O. The van der Waals surface area contributed by atoms with Crippen LogP contribution < -0.4 is 0 Å². The van der Waals surface area contributed by atoms with Crippen molar-refractivity contribution >= 4 is 28.5 Å². The molecule has 0 saturated carbocycles. The van der Waals surface area contributed by atoms with Gasteiger partial charge in [0.1, 0.15) is 0 Å². The van der Waals surface area contributed by atoms with Crippen molar-refractivity contribution in [1.82, 2.24) is 4.98 Å². The summed E-state index contributed by atoms with van der Waals surface area (Å²) in [5.74, 6) is -0.934. The van der Waals surface area contributed by atoms with Crippen LogP contribution in [-0.4, -0.2) is 16.1 Å². The predicted octanol–water partition coefficient (Wildman–Crippen LogP) is 2.83. The number of benzene rings is 1. The highest BCUT2D eigenvalue weighted by atomic mass is 35.5. The Balaban J connectivity index is 2.90. The highest BCUT2D eigenvalue weighted by molar-refractivity contribution is 6.35. The van der Waals surface area contributed by atoms with E-state index < -0.39 is 5.97 Å². The Labute approximate surface area is 85.3 Å². The molecule has 2 aromatic rings. The molecule has 0 atom stereocenters. The van der Waals surface area contributed by atoms with Gasteiger partial charge in [0.15, 0.2) is 0 Å². The minimum absolute atomic E-state index is 0.294. The third-order valence-corrected chi connectivity index (χ3v) is 2.50. The van der Waals surface area contributed by atoms with Crippen molar-refractivity contribution in [2.45, 2.75) is 6.92 Å². The number of hydrogen-bond acceptors (Lipinski definition) is 1. The molecule has 72 valence electrons. The van der Waals surface area contributed by atoms with Crippen molar-refractivity contribution in [3.63, 3.8) is 0 Å². The van der Waals surface area contributed by atoms with E-state index >= 15 is 0 Å². The molecule has 2 N–H and O–H groups in total. The molecule has 0 unspecified atom stereocenters. The molecule has 0 radical (unpaired) electrons. The van der Waals surface area contributed by atoms with Crippen molar-refractivity contribution in [3.8, 4) is 0 Å². The van der Waals surface area contributed by atoms with E-state index in [0.29, 0.717) is 27.2 Å². The van der Waals surface area contributed by atoms with Crippen LogP contribution in [0.15, 0.2) is 18.2 Å². The molecule has 2 rings (SSSR count). The molecular formula is C10H8ClNO2. The number of carboxylic acids is 1. The normalized spacial score (nSPS) is 10.7. The summed E-state index contributed by atoms with van der Waals surface area (Å²) in [6, 6.07) is 5.21. The van der Waals surface area contributed by atoms with Crippen molar-refractivity contribution in [1.29, 1.82) is 0 Å². The average Bonchev–Trinajstić information content (AvgIpc) is 2.42. The molecule has 1 aromatic carbocycles. The second kappa shape index (κ2) is 3.03. The smallest absolute Gasteiger partial charge is 0.338 e. The van der Waals surface area contributed by atoms with Crippen LogP contribution in [0.1, 0.15) is 16.1 Å². The van der Waals surface area contributed by atoms with E-state index in [9.17, 15) is 4.79 Å². The highest BCUT2D eigenvalue weighted by Crippen LogP contribution is 2.27. The number of rotatable bonds is 1. The minimum Gasteiger partial charge on any atom is -0.478 e. The van der Waals surface area contributed by atoms with Crippen LogP contribution >= 0.6 is 11.6 Å². The van der Waals surface area contributed by atoms with Crippen molar-refractivity contribution < 1.29 is 9.90 Å². The van der Waals surface area contributed by atoms with Gasteiger partial charge in [-0.1, -0.05) is 23.7 Å². The van der Waals surface area contributed by atoms with Crippen molar-refractivity contribution in [2.75, 3.05) is 0 Å². The number of aromatic nitrogens is 1. The van der Waals surface area contributed by atoms with Crippen LogP contribution in [0.2, 0.25) is 5.02 Å². The Morgan fingerprint density at radius 3 is 2.86 bits per heavy atom. The average molecular weight is 210 g/mol. The van der Waals surface area contributed by atoms with Gasteiger partial charge in [-0.3, -0.25) is 0 Å². The molecule has 0 aliphatic heterocycles. The second-order valence-corrected chi connectivity index (χ2v) is 3.50. The fraction of sp³-hybridized carbons (Fsp3) is 0.100. The number of aryl methyl sites for hydroxylation is 1. The number of aromatic carboxylic acids is 1. The zero-order valence-corrected chi connectivity index (χ0v) is 8.22. The summed E-state index contributed by atoms with van der Waals surface area (Å²) in [4.78, 5) is 13.9. The summed E-state index contributed by atoms with van der Waals surface area (Å²) in [6.45, 7) is 1.72. The predicted molar refractivity (Wildman–Crippen MR) is 55.0 cm³/mol. The van der Waals surface area contributed by atoms with Crippen LogP contribution in [0.3, 0.4) is 0 Å². The summed E-state index contributed by atoms with van der Waals surface area (Å²) in [5.41, 5.74) is 1.60. The van der Waals surface area contributed by atoms with Gasteiger partial charge in [0.2, 0.25) is 0 Å². The van der Waals surface area contributed by atoms with Crippen LogP contribution in [0, 0.1) is 6.92 Å². The lowest BCUT2D eigenvalue weighted by Crippen LogP contribution is -1.96. The number of para-hydroxylation sites is 1. The first-order valence-electron chi connectivity index (χ1n) is 4.11. The fourth-order valence-electron chi connectivity index (χ4n) is 1.59. The minimum atomic E-state index is -0.934. The van der Waals surface area contributed by atoms with E-state index in [1.54, 1.807) is 25.1 Å². The first kappa shape index (κ1) is 9.09. The third kappa shape index (κ3) is 1.17. The highest BCUT2D eigenvalue weighted by Gasteiger charge is 2.15. The third-order valence-electron chi connectivity index (χ3n) is 2.18. The van der Waals surface area contributed by atoms with E-state index in [1.165, 1.54) is 0 Å². The zero-order chi connectivity index (χ0) is 10.3. The molecule has 0 fully saturated rings. The van der Waals surface area contributed by atoms with Crippen molar-refractivity contribution in [2.24, 2.45) is 0 Å². The van der Waals surface area contributed by atoms with E-state index in [2.05, 4.69) is 4.98 Å². The zero-order valence-electron chi connectivity index (χ0n) is 7.47. The molecule has 0 spiro atoms. The Morgan fingerprint density at radius 2 is 2.21 bits per heavy atom. The maximum Gasteiger partial charge on any atom is 0.338 e. The lowest BCUT2D eigenvalue weighted by atomic mass is 10.1. The van der Waals surface area contributed by atoms with Gasteiger partial charge in [-0.05, 0) is 13.0 Å². The van der Waals surface area contributed by atoms with Crippen LogP contribution in [0.4, 0.5) is 0 Å². The standard InChI is InChI=1S/C10H8ClNO2/c1-5-8(10(13)14)6-3-2-4-7(11)9(6)12-5/h2-4,12H,1H3,(H,13,14). The Hall–Kier alpha value is -1.48. The lowest BCUT2D eigenvalue weighted by Gasteiger charge is -1.93. The monoisotopic (exact) mass is 209 g/mol. The summed E-state index contributed by atoms with van der Waals surface area (Å²) in [5, 5.41) is 10.2. The van der Waals surface area contributed by atoms with Gasteiger partial charge < -0.3 is 10.1 Å². The maximum atomic E-state index is 10.9. The second-order valence-electron chi connectivity index (χ2n) is 3.09.